The lowest BCUT2D eigenvalue weighted by Crippen LogP contribution is -2.16. The average Bonchev–Trinajstić information content (AvgIpc) is 3.35. The van der Waals surface area contributed by atoms with Crippen LogP contribution in [0.4, 0.5) is 5.69 Å². The lowest BCUT2D eigenvalue weighted by Gasteiger charge is -2.11. The van der Waals surface area contributed by atoms with Gasteiger partial charge in [-0.25, -0.2) is 14.6 Å². The van der Waals surface area contributed by atoms with E-state index in [2.05, 4.69) is 20.4 Å². The zero-order valence-electron chi connectivity index (χ0n) is 14.0. The number of rotatable bonds is 5. The van der Waals surface area contributed by atoms with Gasteiger partial charge in [-0.05, 0) is 24.3 Å². The Morgan fingerprint density at radius 3 is 2.78 bits per heavy atom. The Kier molecular flexibility index (Phi) is 4.67. The topological polar surface area (TPSA) is 85.8 Å². The Hall–Kier alpha value is -3.45. The van der Waals surface area contributed by atoms with Gasteiger partial charge in [-0.1, -0.05) is 35.9 Å². The second-order valence-corrected chi connectivity index (χ2v) is 6.12. The molecule has 0 saturated carbocycles. The Morgan fingerprint density at radius 1 is 1.15 bits per heavy atom. The van der Waals surface area contributed by atoms with E-state index >= 15 is 0 Å². The lowest BCUT2D eigenvalue weighted by molar-refractivity contribution is -0.115. The molecule has 134 valence electrons. The molecule has 2 heterocycles. The van der Waals surface area contributed by atoms with Gasteiger partial charge in [0, 0.05) is 5.56 Å². The molecule has 0 aliphatic heterocycles. The van der Waals surface area contributed by atoms with Crippen molar-refractivity contribution < 1.29 is 9.21 Å². The summed E-state index contributed by atoms with van der Waals surface area (Å²) in [5.41, 5.74) is 2.48. The first-order valence-electron chi connectivity index (χ1n) is 8.14. The minimum atomic E-state index is -0.244. The molecule has 1 amide bonds. The quantitative estimate of drug-likeness (QED) is 0.570. The van der Waals surface area contributed by atoms with Crippen molar-refractivity contribution in [1.29, 1.82) is 0 Å². The van der Waals surface area contributed by atoms with Gasteiger partial charge in [0.15, 0.2) is 0 Å². The SMILES string of the molecule is O=C(Cc1coc(-c2ccccc2)n1)Nc1cccc(Cl)c1-n1cncn1. The van der Waals surface area contributed by atoms with Crippen LogP contribution in [-0.2, 0) is 11.2 Å². The minimum Gasteiger partial charge on any atom is -0.444 e. The summed E-state index contributed by atoms with van der Waals surface area (Å²) in [7, 11) is 0. The fraction of sp³-hybridized carbons (Fsp3) is 0.0526. The van der Waals surface area contributed by atoms with Crippen LogP contribution >= 0.6 is 11.6 Å². The molecule has 4 aromatic rings. The Bertz CT molecular complexity index is 1060. The number of nitrogens with one attached hydrogen (secondary N) is 1. The van der Waals surface area contributed by atoms with Gasteiger partial charge in [0.05, 0.1) is 22.8 Å². The number of para-hydroxylation sites is 1. The molecule has 0 unspecified atom stereocenters. The third kappa shape index (κ3) is 3.73. The molecule has 0 radical (unpaired) electrons. The van der Waals surface area contributed by atoms with E-state index in [0.717, 1.165) is 5.56 Å². The Balaban J connectivity index is 1.51. The molecule has 0 atom stereocenters. The second kappa shape index (κ2) is 7.43. The highest BCUT2D eigenvalue weighted by Gasteiger charge is 2.15. The van der Waals surface area contributed by atoms with Crippen molar-refractivity contribution in [2.24, 2.45) is 0 Å². The fourth-order valence-electron chi connectivity index (χ4n) is 2.63. The van der Waals surface area contributed by atoms with Crippen LogP contribution < -0.4 is 5.32 Å². The number of oxazole rings is 1. The number of halogens is 1. The number of carbonyl (C=O) groups excluding carboxylic acids is 1. The van der Waals surface area contributed by atoms with Crippen LogP contribution in [0.5, 0.6) is 0 Å². The Morgan fingerprint density at radius 2 is 2.00 bits per heavy atom. The molecule has 0 aliphatic rings. The summed E-state index contributed by atoms with van der Waals surface area (Å²) in [5, 5.41) is 7.37. The Labute approximate surface area is 159 Å². The van der Waals surface area contributed by atoms with Crippen LogP contribution in [0, 0.1) is 0 Å². The molecule has 0 fully saturated rings. The first-order valence-corrected chi connectivity index (χ1v) is 8.51. The van der Waals surface area contributed by atoms with Gasteiger partial charge < -0.3 is 9.73 Å². The highest BCUT2D eigenvalue weighted by Crippen LogP contribution is 2.28. The van der Waals surface area contributed by atoms with Gasteiger partial charge in [0.25, 0.3) is 0 Å². The predicted octanol–water partition coefficient (Wildman–Crippen LogP) is 3.76. The van der Waals surface area contributed by atoms with Gasteiger partial charge in [0.1, 0.15) is 24.6 Å². The van der Waals surface area contributed by atoms with Crippen LogP contribution in [0.25, 0.3) is 17.1 Å². The fourth-order valence-corrected chi connectivity index (χ4v) is 2.89. The van der Waals surface area contributed by atoms with E-state index < -0.39 is 0 Å². The summed E-state index contributed by atoms with van der Waals surface area (Å²) in [6.07, 6.45) is 4.47. The number of hydrogen-bond donors (Lipinski definition) is 1. The number of aromatic nitrogens is 4. The van der Waals surface area contributed by atoms with Crippen molar-refractivity contribution in [3.05, 3.63) is 78.2 Å². The van der Waals surface area contributed by atoms with E-state index in [1.54, 1.807) is 18.2 Å². The third-order valence-electron chi connectivity index (χ3n) is 3.82. The summed E-state index contributed by atoms with van der Waals surface area (Å²) >= 11 is 6.27. The molecule has 0 aliphatic carbocycles. The maximum atomic E-state index is 12.5. The molecule has 7 nitrogen and oxygen atoms in total. The summed E-state index contributed by atoms with van der Waals surface area (Å²) in [5.74, 6) is 0.232. The maximum Gasteiger partial charge on any atom is 0.230 e. The first kappa shape index (κ1) is 17.0. The molecule has 0 spiro atoms. The predicted molar refractivity (Wildman–Crippen MR) is 101 cm³/mol. The normalized spacial score (nSPS) is 10.7. The lowest BCUT2D eigenvalue weighted by atomic mass is 10.2. The zero-order chi connectivity index (χ0) is 18.6. The molecule has 1 N–H and O–H groups in total. The number of nitrogens with zero attached hydrogens (tertiary/aromatic N) is 4. The summed E-state index contributed by atoms with van der Waals surface area (Å²) in [6, 6.07) is 14.7. The molecule has 4 rings (SSSR count). The standard InChI is InChI=1S/C19H14ClN5O2/c20-15-7-4-8-16(18(15)25-12-21-11-22-25)24-17(26)9-14-10-27-19(23-14)13-5-2-1-3-6-13/h1-8,10-12H,9H2,(H,24,26). The van der Waals surface area contributed by atoms with Gasteiger partial charge in [-0.15, -0.1) is 0 Å². The van der Waals surface area contributed by atoms with E-state index in [1.165, 1.54) is 23.6 Å². The highest BCUT2D eigenvalue weighted by molar-refractivity contribution is 6.33. The number of hydrogen-bond acceptors (Lipinski definition) is 5. The average molecular weight is 380 g/mol. The molecule has 0 bridgehead atoms. The molecule has 27 heavy (non-hydrogen) atoms. The van der Waals surface area contributed by atoms with Gasteiger partial charge in [-0.3, -0.25) is 4.79 Å². The minimum absolute atomic E-state index is 0.0691. The van der Waals surface area contributed by atoms with E-state index in [-0.39, 0.29) is 12.3 Å². The van der Waals surface area contributed by atoms with Crippen LogP contribution in [-0.4, -0.2) is 25.7 Å². The summed E-state index contributed by atoms with van der Waals surface area (Å²) in [6.45, 7) is 0. The van der Waals surface area contributed by atoms with Crippen molar-refractivity contribution >= 4 is 23.2 Å². The largest absolute Gasteiger partial charge is 0.444 e. The van der Waals surface area contributed by atoms with Crippen LogP contribution in [0.3, 0.4) is 0 Å². The van der Waals surface area contributed by atoms with Crippen molar-refractivity contribution in [2.75, 3.05) is 5.32 Å². The molecule has 2 aromatic heterocycles. The maximum absolute atomic E-state index is 12.5. The van der Waals surface area contributed by atoms with E-state index in [4.69, 9.17) is 16.0 Å². The van der Waals surface area contributed by atoms with E-state index in [9.17, 15) is 4.79 Å². The first-order chi connectivity index (χ1) is 13.2. The summed E-state index contributed by atoms with van der Waals surface area (Å²) < 4.78 is 6.97. The van der Waals surface area contributed by atoms with Gasteiger partial charge in [-0.2, -0.15) is 5.10 Å². The smallest absolute Gasteiger partial charge is 0.230 e. The molecule has 8 heteroatoms. The van der Waals surface area contributed by atoms with Gasteiger partial charge >= 0.3 is 0 Å². The van der Waals surface area contributed by atoms with Crippen molar-refractivity contribution in [2.45, 2.75) is 6.42 Å². The van der Waals surface area contributed by atoms with Crippen molar-refractivity contribution in [3.63, 3.8) is 0 Å². The van der Waals surface area contributed by atoms with Crippen molar-refractivity contribution in [3.8, 4) is 17.1 Å². The number of benzene rings is 2. The van der Waals surface area contributed by atoms with E-state index in [0.29, 0.717) is 28.0 Å². The summed E-state index contributed by atoms with van der Waals surface area (Å²) in [4.78, 5) is 20.8. The van der Waals surface area contributed by atoms with E-state index in [1.807, 2.05) is 30.3 Å². The van der Waals surface area contributed by atoms with Crippen LogP contribution in [0.1, 0.15) is 5.69 Å². The number of amides is 1. The van der Waals surface area contributed by atoms with Crippen molar-refractivity contribution in [1.82, 2.24) is 19.7 Å². The number of anilines is 1. The highest BCUT2D eigenvalue weighted by atomic mass is 35.5. The molecule has 2 aromatic carbocycles. The van der Waals surface area contributed by atoms with Gasteiger partial charge in [0.2, 0.25) is 11.8 Å². The third-order valence-corrected chi connectivity index (χ3v) is 4.13. The molecular formula is C19H14ClN5O2. The number of carbonyl (C=O) groups is 1. The van der Waals surface area contributed by atoms with Crippen LogP contribution in [0.15, 0.2) is 71.9 Å². The zero-order valence-corrected chi connectivity index (χ0v) is 14.8. The monoisotopic (exact) mass is 379 g/mol. The van der Waals surface area contributed by atoms with Crippen LogP contribution in [0.2, 0.25) is 5.02 Å². The molecular weight excluding hydrogens is 366 g/mol. The molecule has 0 saturated heterocycles. The second-order valence-electron chi connectivity index (χ2n) is 5.71.